The Morgan fingerprint density at radius 2 is 1.79 bits per heavy atom. The van der Waals surface area contributed by atoms with Crippen molar-refractivity contribution in [1.29, 1.82) is 0 Å². The monoisotopic (exact) mass is 412 g/mol. The number of halogens is 2. The zero-order chi connectivity index (χ0) is 21.6. The Labute approximate surface area is 168 Å². The highest BCUT2D eigenvalue weighted by atomic mass is 19.3. The minimum Gasteiger partial charge on any atom is -0.493 e. The smallest absolute Gasteiger partial charge is 0.354 e. The molecule has 29 heavy (non-hydrogen) atoms. The van der Waals surface area contributed by atoms with Crippen LogP contribution >= 0.6 is 0 Å². The van der Waals surface area contributed by atoms with E-state index in [1.165, 1.54) is 21.3 Å². The molecule has 1 aromatic carbocycles. The Bertz CT molecular complexity index is 852. The van der Waals surface area contributed by atoms with Crippen molar-refractivity contribution in [2.45, 2.75) is 26.3 Å². The van der Waals surface area contributed by atoms with Crippen molar-refractivity contribution in [3.05, 3.63) is 29.1 Å². The molecule has 0 saturated heterocycles. The van der Waals surface area contributed by atoms with E-state index < -0.39 is 18.0 Å². The van der Waals surface area contributed by atoms with Crippen LogP contribution in [0.25, 0.3) is 11.1 Å². The van der Waals surface area contributed by atoms with Gasteiger partial charge in [-0.2, -0.15) is 0 Å². The molecule has 0 bridgehead atoms. The van der Waals surface area contributed by atoms with E-state index in [1.54, 1.807) is 12.1 Å². The van der Waals surface area contributed by atoms with E-state index in [2.05, 4.69) is 10.3 Å². The highest BCUT2D eigenvalue weighted by Crippen LogP contribution is 2.48. The number of rotatable bonds is 10. The van der Waals surface area contributed by atoms with Gasteiger partial charge in [-0.05, 0) is 25.1 Å². The molecule has 0 radical (unpaired) electrons. The molecule has 0 saturated carbocycles. The van der Waals surface area contributed by atoms with Gasteiger partial charge in [0.15, 0.2) is 11.5 Å². The molecular weight excluding hydrogens is 386 g/mol. The summed E-state index contributed by atoms with van der Waals surface area (Å²) in [6.45, 7) is 2.92. The highest BCUT2D eigenvalue weighted by Gasteiger charge is 2.31. The summed E-state index contributed by atoms with van der Waals surface area (Å²) in [6, 6.07) is 3.19. The Balaban J connectivity index is 2.81. The molecular formula is C20H26F2N2O5. The lowest BCUT2D eigenvalue weighted by atomic mass is 9.98. The van der Waals surface area contributed by atoms with Crippen molar-refractivity contribution in [3.63, 3.8) is 0 Å². The number of aromatic nitrogens is 1. The lowest BCUT2D eigenvalue weighted by molar-refractivity contribution is 0.0583. The topological polar surface area (TPSA) is 81.8 Å². The molecule has 0 aliphatic rings. The second-order valence-corrected chi connectivity index (χ2v) is 6.12. The average molecular weight is 412 g/mol. The Morgan fingerprint density at radius 1 is 1.10 bits per heavy atom. The molecule has 0 amide bonds. The number of nitrogens with one attached hydrogen (secondary N) is 2. The van der Waals surface area contributed by atoms with Crippen molar-refractivity contribution < 1.29 is 32.5 Å². The number of hydrogen-bond acceptors (Lipinski definition) is 6. The number of aromatic amines is 1. The maximum atomic E-state index is 14.1. The fourth-order valence-corrected chi connectivity index (χ4v) is 3.18. The zero-order valence-corrected chi connectivity index (χ0v) is 17.2. The summed E-state index contributed by atoms with van der Waals surface area (Å²) in [5.41, 5.74) is 0.194. The van der Waals surface area contributed by atoms with E-state index in [9.17, 15) is 13.6 Å². The molecule has 1 heterocycles. The van der Waals surface area contributed by atoms with Gasteiger partial charge in [-0.3, -0.25) is 0 Å². The van der Waals surface area contributed by atoms with Gasteiger partial charge in [-0.25, -0.2) is 13.6 Å². The fraction of sp³-hybridized carbons (Fsp3) is 0.450. The standard InChI is InChI=1S/C20H26F2N2O5/c1-6-9-23-10-12-14(15(19(21)22)16(24-12)20(25)29-5)11-7-8-13(26-2)18(28-4)17(11)27-3/h7-8,19,23-24H,6,9-10H2,1-5H3. The number of alkyl halides is 2. The average Bonchev–Trinajstić information content (AvgIpc) is 3.11. The minimum atomic E-state index is -2.92. The Kier molecular flexibility index (Phi) is 7.83. The molecule has 2 rings (SSSR count). The van der Waals surface area contributed by atoms with Crippen molar-refractivity contribution >= 4 is 5.97 Å². The summed E-state index contributed by atoms with van der Waals surface area (Å²) in [5.74, 6) is 0.00530. The van der Waals surface area contributed by atoms with Crippen molar-refractivity contribution in [3.8, 4) is 28.4 Å². The molecule has 2 N–H and O–H groups in total. The Hall–Kier alpha value is -2.81. The Morgan fingerprint density at radius 3 is 2.31 bits per heavy atom. The number of benzene rings is 1. The van der Waals surface area contributed by atoms with Gasteiger partial charge in [0.2, 0.25) is 5.75 Å². The number of H-pyrrole nitrogens is 1. The summed E-state index contributed by atoms with van der Waals surface area (Å²) in [5, 5.41) is 3.16. The summed E-state index contributed by atoms with van der Waals surface area (Å²) >= 11 is 0. The zero-order valence-electron chi connectivity index (χ0n) is 17.2. The summed E-state index contributed by atoms with van der Waals surface area (Å²) in [4.78, 5) is 15.0. The first-order valence-corrected chi connectivity index (χ1v) is 9.06. The molecule has 1 aromatic heterocycles. The van der Waals surface area contributed by atoms with Gasteiger partial charge in [0.1, 0.15) is 5.69 Å². The van der Waals surface area contributed by atoms with Crippen LogP contribution < -0.4 is 19.5 Å². The van der Waals surface area contributed by atoms with Crippen LogP contribution in [0.3, 0.4) is 0 Å². The van der Waals surface area contributed by atoms with Gasteiger partial charge in [-0.1, -0.05) is 6.92 Å². The second kappa shape index (κ2) is 10.1. The molecule has 2 aromatic rings. The first-order valence-electron chi connectivity index (χ1n) is 9.06. The van der Waals surface area contributed by atoms with Gasteiger partial charge in [-0.15, -0.1) is 0 Å². The van der Waals surface area contributed by atoms with Crippen molar-refractivity contribution in [2.75, 3.05) is 35.0 Å². The third kappa shape index (κ3) is 4.45. The largest absolute Gasteiger partial charge is 0.493 e. The first-order chi connectivity index (χ1) is 13.9. The molecule has 9 heteroatoms. The summed E-state index contributed by atoms with van der Waals surface area (Å²) in [6.07, 6.45) is -2.06. The first kappa shape index (κ1) is 22.5. The molecule has 0 aliphatic heterocycles. The third-order valence-electron chi connectivity index (χ3n) is 4.43. The molecule has 0 fully saturated rings. The van der Waals surface area contributed by atoms with E-state index in [-0.39, 0.29) is 29.3 Å². The lowest BCUT2D eigenvalue weighted by Gasteiger charge is -2.17. The lowest BCUT2D eigenvalue weighted by Crippen LogP contribution is -2.15. The molecule has 0 unspecified atom stereocenters. The van der Waals surface area contributed by atoms with Crippen LogP contribution in [0.5, 0.6) is 17.2 Å². The van der Waals surface area contributed by atoms with E-state index in [0.717, 1.165) is 13.5 Å². The van der Waals surface area contributed by atoms with Crippen LogP contribution in [-0.2, 0) is 11.3 Å². The highest BCUT2D eigenvalue weighted by molar-refractivity contribution is 5.94. The number of hydrogen-bond donors (Lipinski definition) is 2. The van der Waals surface area contributed by atoms with Crippen LogP contribution in [-0.4, -0.2) is 45.9 Å². The predicted molar refractivity (Wildman–Crippen MR) is 104 cm³/mol. The van der Waals surface area contributed by atoms with Crippen LogP contribution in [0.1, 0.15) is 41.5 Å². The summed E-state index contributed by atoms with van der Waals surface area (Å²) in [7, 11) is 5.45. The number of carbonyl (C=O) groups excluding carboxylic acids is 1. The van der Waals surface area contributed by atoms with Crippen molar-refractivity contribution in [1.82, 2.24) is 10.3 Å². The minimum absolute atomic E-state index is 0.168. The molecule has 0 spiro atoms. The van der Waals surface area contributed by atoms with E-state index in [0.29, 0.717) is 23.6 Å². The normalized spacial score (nSPS) is 10.9. The molecule has 0 aliphatic carbocycles. The number of carbonyl (C=O) groups is 1. The van der Waals surface area contributed by atoms with Crippen LogP contribution in [0.2, 0.25) is 0 Å². The van der Waals surface area contributed by atoms with Gasteiger partial charge >= 0.3 is 5.97 Å². The summed E-state index contributed by atoms with van der Waals surface area (Å²) < 4.78 is 49.0. The number of methoxy groups -OCH3 is 4. The van der Waals surface area contributed by atoms with Gasteiger partial charge < -0.3 is 29.2 Å². The predicted octanol–water partition coefficient (Wildman–Crippen LogP) is 3.93. The van der Waals surface area contributed by atoms with E-state index in [1.807, 2.05) is 6.92 Å². The van der Waals surface area contributed by atoms with Gasteiger partial charge in [0.05, 0.1) is 34.0 Å². The second-order valence-electron chi connectivity index (χ2n) is 6.12. The number of ether oxygens (including phenoxy) is 4. The molecule has 160 valence electrons. The van der Waals surface area contributed by atoms with E-state index in [4.69, 9.17) is 18.9 Å². The van der Waals surface area contributed by atoms with Crippen LogP contribution in [0.4, 0.5) is 8.78 Å². The maximum Gasteiger partial charge on any atom is 0.354 e. The third-order valence-corrected chi connectivity index (χ3v) is 4.43. The maximum absolute atomic E-state index is 14.1. The molecule has 7 nitrogen and oxygen atoms in total. The number of esters is 1. The van der Waals surface area contributed by atoms with Gasteiger partial charge in [0.25, 0.3) is 6.43 Å². The van der Waals surface area contributed by atoms with E-state index >= 15 is 0 Å². The van der Waals surface area contributed by atoms with Crippen molar-refractivity contribution in [2.24, 2.45) is 0 Å². The quantitative estimate of drug-likeness (QED) is 0.455. The van der Waals surface area contributed by atoms with Gasteiger partial charge in [0, 0.05) is 23.4 Å². The van der Waals surface area contributed by atoms with Crippen LogP contribution in [0.15, 0.2) is 12.1 Å². The molecule has 0 atom stereocenters. The SMILES string of the molecule is CCCNCc1[nH]c(C(=O)OC)c(C(F)F)c1-c1ccc(OC)c(OC)c1OC. The fourth-order valence-electron chi connectivity index (χ4n) is 3.18. The van der Waals surface area contributed by atoms with Crippen LogP contribution in [0, 0.1) is 0 Å².